The maximum absolute atomic E-state index is 12.7. The Bertz CT molecular complexity index is 1150. The molecule has 0 amide bonds. The van der Waals surface area contributed by atoms with Crippen molar-refractivity contribution in [3.05, 3.63) is 106 Å². The normalized spacial score (nSPS) is 10.8. The summed E-state index contributed by atoms with van der Waals surface area (Å²) in [5, 5.41) is 9.71. The van der Waals surface area contributed by atoms with Crippen molar-refractivity contribution in [3.63, 3.8) is 0 Å². The third-order valence-corrected chi connectivity index (χ3v) is 4.54. The van der Waals surface area contributed by atoms with E-state index in [-0.39, 0.29) is 11.0 Å². The molecule has 0 fully saturated rings. The molecule has 5 nitrogen and oxygen atoms in total. The zero-order valence-corrected chi connectivity index (χ0v) is 15.7. The molecular weight excluding hydrogens is 368 g/mol. The fourth-order valence-corrected chi connectivity index (χ4v) is 3.01. The van der Waals surface area contributed by atoms with Gasteiger partial charge >= 0.3 is 0 Å². The first-order valence-electron chi connectivity index (χ1n) is 9.27. The topological polar surface area (TPSA) is 68.9 Å². The van der Waals surface area contributed by atoms with Gasteiger partial charge in [-0.15, -0.1) is 0 Å². The molecule has 0 saturated heterocycles. The Morgan fingerprint density at radius 3 is 2.07 bits per heavy atom. The Balaban J connectivity index is 1.69. The minimum atomic E-state index is -0.400. The fraction of sp³-hybridized carbons (Fsp3) is 0.125. The monoisotopic (exact) mass is 388 g/mol. The predicted molar refractivity (Wildman–Crippen MR) is 110 cm³/mol. The summed E-state index contributed by atoms with van der Waals surface area (Å²) in [6, 6.07) is 22.8. The highest BCUT2D eigenvalue weighted by Crippen LogP contribution is 2.31. The molecule has 0 aliphatic carbocycles. The van der Waals surface area contributed by atoms with E-state index in [4.69, 9.17) is 13.9 Å². The summed E-state index contributed by atoms with van der Waals surface area (Å²) in [7, 11) is 0. The number of fused-ring (bicyclic) bond motifs is 1. The molecule has 0 atom stereocenters. The smallest absolute Gasteiger partial charge is 0.201 e. The lowest BCUT2D eigenvalue weighted by Crippen LogP contribution is -2.10. The molecule has 1 aromatic heterocycles. The van der Waals surface area contributed by atoms with Gasteiger partial charge in [0, 0.05) is 12.1 Å². The van der Waals surface area contributed by atoms with Crippen LogP contribution in [0.1, 0.15) is 16.7 Å². The van der Waals surface area contributed by atoms with Gasteiger partial charge in [-0.05, 0) is 11.1 Å². The van der Waals surface area contributed by atoms with Crippen LogP contribution in [0.15, 0.2) is 88.3 Å². The van der Waals surface area contributed by atoms with Crippen molar-refractivity contribution in [2.24, 2.45) is 0 Å². The van der Waals surface area contributed by atoms with Crippen LogP contribution < -0.4 is 14.9 Å². The van der Waals surface area contributed by atoms with Crippen molar-refractivity contribution in [2.75, 3.05) is 0 Å². The Morgan fingerprint density at radius 1 is 0.828 bits per heavy atom. The van der Waals surface area contributed by atoms with Gasteiger partial charge in [-0.1, -0.05) is 60.7 Å². The van der Waals surface area contributed by atoms with Crippen molar-refractivity contribution in [3.8, 4) is 11.5 Å². The van der Waals surface area contributed by atoms with Gasteiger partial charge in [0.25, 0.3) is 0 Å². The molecule has 0 saturated carbocycles. The van der Waals surface area contributed by atoms with E-state index in [1.807, 2.05) is 60.7 Å². The van der Waals surface area contributed by atoms with E-state index in [0.29, 0.717) is 35.7 Å². The van der Waals surface area contributed by atoms with Gasteiger partial charge in [0.15, 0.2) is 0 Å². The molecule has 0 aliphatic rings. The molecule has 4 rings (SSSR count). The number of aliphatic hydroxyl groups excluding tert-OH is 1. The second-order valence-corrected chi connectivity index (χ2v) is 6.59. The molecular formula is C24H20O5. The second-order valence-electron chi connectivity index (χ2n) is 6.59. The average molecular weight is 388 g/mol. The van der Waals surface area contributed by atoms with E-state index < -0.39 is 6.61 Å². The quantitative estimate of drug-likeness (QED) is 0.507. The number of rotatable bonds is 7. The summed E-state index contributed by atoms with van der Waals surface area (Å²) < 4.78 is 17.4. The molecule has 0 bridgehead atoms. The molecule has 1 heterocycles. The maximum atomic E-state index is 12.7. The zero-order chi connectivity index (χ0) is 20.1. The molecule has 29 heavy (non-hydrogen) atoms. The standard InChI is InChI=1S/C24H20O5/c25-13-19-16-29-22-12-20(27-14-17-7-3-1-4-8-17)11-21(23(22)24(19)26)28-15-18-9-5-2-6-10-18/h1-12,16,25H,13-15H2. The zero-order valence-electron chi connectivity index (χ0n) is 15.7. The fourth-order valence-electron chi connectivity index (χ4n) is 3.01. The highest BCUT2D eigenvalue weighted by Gasteiger charge is 2.15. The Kier molecular flexibility index (Phi) is 5.59. The van der Waals surface area contributed by atoms with E-state index in [9.17, 15) is 9.90 Å². The highest BCUT2D eigenvalue weighted by atomic mass is 16.5. The minimum Gasteiger partial charge on any atom is -0.489 e. The SMILES string of the molecule is O=c1c(CO)coc2cc(OCc3ccccc3)cc(OCc3ccccc3)c12. The van der Waals surface area contributed by atoms with Gasteiger partial charge < -0.3 is 19.0 Å². The summed E-state index contributed by atoms with van der Waals surface area (Å²) in [5.74, 6) is 0.891. The first kappa shape index (κ1) is 18.8. The number of benzene rings is 3. The van der Waals surface area contributed by atoms with Crippen molar-refractivity contribution in [2.45, 2.75) is 19.8 Å². The number of aliphatic hydroxyl groups is 1. The highest BCUT2D eigenvalue weighted by molar-refractivity contribution is 5.85. The van der Waals surface area contributed by atoms with Gasteiger partial charge in [0.05, 0.1) is 12.2 Å². The van der Waals surface area contributed by atoms with Crippen LogP contribution in [0, 0.1) is 0 Å². The molecule has 3 aromatic carbocycles. The number of hydrogen-bond donors (Lipinski definition) is 1. The molecule has 5 heteroatoms. The first-order valence-corrected chi connectivity index (χ1v) is 9.27. The summed E-state index contributed by atoms with van der Waals surface area (Å²) in [6.45, 7) is 0.271. The van der Waals surface area contributed by atoms with Gasteiger partial charge in [-0.2, -0.15) is 0 Å². The molecule has 0 radical (unpaired) electrons. The van der Waals surface area contributed by atoms with E-state index in [0.717, 1.165) is 11.1 Å². The van der Waals surface area contributed by atoms with Crippen LogP contribution in [0.4, 0.5) is 0 Å². The Hall–Kier alpha value is -3.57. The number of ether oxygens (including phenoxy) is 2. The molecule has 4 aromatic rings. The van der Waals surface area contributed by atoms with Gasteiger partial charge in [-0.25, -0.2) is 0 Å². The average Bonchev–Trinajstić information content (AvgIpc) is 2.77. The molecule has 0 aliphatic heterocycles. The van der Waals surface area contributed by atoms with Crippen LogP contribution in [-0.4, -0.2) is 5.11 Å². The van der Waals surface area contributed by atoms with E-state index in [1.54, 1.807) is 12.1 Å². The Labute approximate surface area is 167 Å². The van der Waals surface area contributed by atoms with Gasteiger partial charge in [-0.3, -0.25) is 4.79 Å². The van der Waals surface area contributed by atoms with Crippen molar-refractivity contribution in [1.29, 1.82) is 0 Å². The van der Waals surface area contributed by atoms with Gasteiger partial charge in [0.1, 0.15) is 41.9 Å². The lowest BCUT2D eigenvalue weighted by Gasteiger charge is -2.13. The van der Waals surface area contributed by atoms with Crippen molar-refractivity contribution in [1.82, 2.24) is 0 Å². The number of hydrogen-bond acceptors (Lipinski definition) is 5. The van der Waals surface area contributed by atoms with Crippen LogP contribution in [0.5, 0.6) is 11.5 Å². The van der Waals surface area contributed by atoms with Crippen molar-refractivity contribution >= 4 is 11.0 Å². The predicted octanol–water partition coefficient (Wildman–Crippen LogP) is 4.44. The molecule has 146 valence electrons. The molecule has 0 unspecified atom stereocenters. The summed E-state index contributed by atoms with van der Waals surface area (Å²) in [5.41, 5.74) is 2.21. The lowest BCUT2D eigenvalue weighted by atomic mass is 10.1. The van der Waals surface area contributed by atoms with Crippen LogP contribution in [-0.2, 0) is 19.8 Å². The third kappa shape index (κ3) is 4.31. The van der Waals surface area contributed by atoms with Gasteiger partial charge in [0.2, 0.25) is 5.43 Å². The largest absolute Gasteiger partial charge is 0.489 e. The molecule has 1 N–H and O–H groups in total. The first-order chi connectivity index (χ1) is 14.2. The summed E-state index contributed by atoms with van der Waals surface area (Å²) in [4.78, 5) is 12.7. The Morgan fingerprint density at radius 2 is 1.45 bits per heavy atom. The molecule has 0 spiro atoms. The lowest BCUT2D eigenvalue weighted by molar-refractivity contribution is 0.277. The van der Waals surface area contributed by atoms with E-state index in [1.165, 1.54) is 6.26 Å². The van der Waals surface area contributed by atoms with Crippen LogP contribution in [0.3, 0.4) is 0 Å². The third-order valence-electron chi connectivity index (χ3n) is 4.54. The maximum Gasteiger partial charge on any atom is 0.201 e. The summed E-state index contributed by atoms with van der Waals surface area (Å²) >= 11 is 0. The van der Waals surface area contributed by atoms with Crippen LogP contribution in [0.2, 0.25) is 0 Å². The van der Waals surface area contributed by atoms with Crippen LogP contribution in [0.25, 0.3) is 11.0 Å². The van der Waals surface area contributed by atoms with E-state index >= 15 is 0 Å². The summed E-state index contributed by atoms with van der Waals surface area (Å²) in [6.07, 6.45) is 1.27. The van der Waals surface area contributed by atoms with Crippen LogP contribution >= 0.6 is 0 Å². The van der Waals surface area contributed by atoms with E-state index in [2.05, 4.69) is 0 Å². The second kappa shape index (κ2) is 8.63. The van der Waals surface area contributed by atoms with Crippen molar-refractivity contribution < 1.29 is 19.0 Å². The minimum absolute atomic E-state index is 0.181.